The second-order valence-electron chi connectivity index (χ2n) is 4.81. The number of ether oxygens (including phenoxy) is 1. The van der Waals surface area contributed by atoms with Crippen molar-refractivity contribution in [2.45, 2.75) is 6.42 Å². The predicted octanol–water partition coefficient (Wildman–Crippen LogP) is 0.965. The molecular formula is C13H19ClN3O3+. The molecule has 0 aliphatic carbocycles. The van der Waals surface area contributed by atoms with Gasteiger partial charge in [-0.2, -0.15) is 0 Å². The zero-order chi connectivity index (χ0) is 14.4. The first kappa shape index (κ1) is 15.0. The monoisotopic (exact) mass is 300 g/mol. The van der Waals surface area contributed by atoms with Gasteiger partial charge in [0, 0.05) is 25.1 Å². The third kappa shape index (κ3) is 4.33. The zero-order valence-electron chi connectivity index (χ0n) is 11.2. The van der Waals surface area contributed by atoms with Crippen LogP contribution in [0.5, 0.6) is 0 Å². The lowest BCUT2D eigenvalue weighted by atomic mass is 10.2. The summed E-state index contributed by atoms with van der Waals surface area (Å²) in [4.78, 5) is 11.7. The van der Waals surface area contributed by atoms with Gasteiger partial charge in [0.25, 0.3) is 5.69 Å². The molecule has 0 aromatic heterocycles. The van der Waals surface area contributed by atoms with E-state index in [0.717, 1.165) is 51.5 Å². The number of morpholine rings is 1. The highest BCUT2D eigenvalue weighted by Crippen LogP contribution is 2.26. The Balaban J connectivity index is 1.74. The number of non-ortho nitro benzene ring substituents is 1. The minimum absolute atomic E-state index is 0.0123. The van der Waals surface area contributed by atoms with E-state index in [-0.39, 0.29) is 5.69 Å². The molecule has 2 N–H and O–H groups in total. The number of halogens is 1. The summed E-state index contributed by atoms with van der Waals surface area (Å²) in [6.07, 6.45) is 1.03. The van der Waals surface area contributed by atoms with Crippen molar-refractivity contribution in [3.8, 4) is 0 Å². The number of hydrogen-bond acceptors (Lipinski definition) is 4. The van der Waals surface area contributed by atoms with Crippen molar-refractivity contribution in [2.75, 3.05) is 44.7 Å². The molecule has 7 heteroatoms. The maximum atomic E-state index is 10.6. The van der Waals surface area contributed by atoms with E-state index in [1.807, 2.05) is 0 Å². The molecule has 110 valence electrons. The number of rotatable bonds is 6. The van der Waals surface area contributed by atoms with E-state index >= 15 is 0 Å². The molecule has 0 saturated carbocycles. The van der Waals surface area contributed by atoms with Crippen LogP contribution in [0.25, 0.3) is 0 Å². The van der Waals surface area contributed by atoms with Gasteiger partial charge in [-0.25, -0.2) is 0 Å². The second-order valence-corrected chi connectivity index (χ2v) is 5.22. The number of nitrogens with zero attached hydrogens (tertiary/aromatic N) is 1. The van der Waals surface area contributed by atoms with Gasteiger partial charge in [0.2, 0.25) is 0 Å². The van der Waals surface area contributed by atoms with Gasteiger partial charge < -0.3 is 15.0 Å². The van der Waals surface area contributed by atoms with Gasteiger partial charge in [0.1, 0.15) is 13.1 Å². The van der Waals surface area contributed by atoms with Gasteiger partial charge in [-0.3, -0.25) is 10.1 Å². The minimum Gasteiger partial charge on any atom is -0.384 e. The molecule has 1 aromatic carbocycles. The summed E-state index contributed by atoms with van der Waals surface area (Å²) in [5, 5.41) is 14.2. The fourth-order valence-electron chi connectivity index (χ4n) is 2.23. The van der Waals surface area contributed by atoms with Crippen LogP contribution < -0.4 is 10.2 Å². The first-order valence-corrected chi connectivity index (χ1v) is 7.14. The molecule has 1 aromatic rings. The Bertz CT molecular complexity index is 464. The Hall–Kier alpha value is -1.37. The standard InChI is InChI=1S/C13H18ClN3O3/c14-12-10-11(17(18)19)2-3-13(12)15-4-1-5-16-6-8-20-9-7-16/h2-3,10,15H,1,4-9H2/p+1. The van der Waals surface area contributed by atoms with Crippen molar-refractivity contribution in [1.29, 1.82) is 0 Å². The van der Waals surface area contributed by atoms with Crippen LogP contribution in [0.2, 0.25) is 5.02 Å². The molecular weight excluding hydrogens is 282 g/mol. The summed E-state index contributed by atoms with van der Waals surface area (Å²) >= 11 is 6.01. The highest BCUT2D eigenvalue weighted by atomic mass is 35.5. The largest absolute Gasteiger partial charge is 0.384 e. The van der Waals surface area contributed by atoms with Gasteiger partial charge in [0.05, 0.1) is 35.4 Å². The molecule has 20 heavy (non-hydrogen) atoms. The Kier molecular flexibility index (Phi) is 5.58. The van der Waals surface area contributed by atoms with E-state index in [4.69, 9.17) is 16.3 Å². The molecule has 0 radical (unpaired) electrons. The van der Waals surface area contributed by atoms with Gasteiger partial charge in [-0.15, -0.1) is 0 Å². The van der Waals surface area contributed by atoms with Crippen molar-refractivity contribution >= 4 is 23.0 Å². The molecule has 1 aliphatic heterocycles. The van der Waals surface area contributed by atoms with E-state index in [9.17, 15) is 10.1 Å². The van der Waals surface area contributed by atoms with Crippen LogP contribution >= 0.6 is 11.6 Å². The Morgan fingerprint density at radius 2 is 2.15 bits per heavy atom. The van der Waals surface area contributed by atoms with Gasteiger partial charge in [0.15, 0.2) is 0 Å². The van der Waals surface area contributed by atoms with Crippen molar-refractivity contribution in [3.05, 3.63) is 33.3 Å². The average molecular weight is 301 g/mol. The Morgan fingerprint density at radius 3 is 2.80 bits per heavy atom. The number of benzene rings is 1. The summed E-state index contributed by atoms with van der Waals surface area (Å²) in [6, 6.07) is 4.49. The minimum atomic E-state index is -0.447. The fourth-order valence-corrected chi connectivity index (χ4v) is 2.47. The van der Waals surface area contributed by atoms with E-state index in [1.54, 1.807) is 11.0 Å². The first-order valence-electron chi connectivity index (χ1n) is 6.76. The number of nitro benzene ring substituents is 1. The first-order chi connectivity index (χ1) is 9.66. The quantitative estimate of drug-likeness (QED) is 0.466. The molecule has 0 bridgehead atoms. The third-order valence-electron chi connectivity index (χ3n) is 3.39. The molecule has 6 nitrogen and oxygen atoms in total. The van der Waals surface area contributed by atoms with Gasteiger partial charge in [-0.1, -0.05) is 11.6 Å². The van der Waals surface area contributed by atoms with Gasteiger partial charge >= 0.3 is 0 Å². The smallest absolute Gasteiger partial charge is 0.271 e. The lowest BCUT2D eigenvalue weighted by molar-refractivity contribution is -0.908. The summed E-state index contributed by atoms with van der Waals surface area (Å²) < 4.78 is 5.31. The predicted molar refractivity (Wildman–Crippen MR) is 77.6 cm³/mol. The number of quaternary nitrogens is 1. The topological polar surface area (TPSA) is 68.8 Å². The third-order valence-corrected chi connectivity index (χ3v) is 3.70. The summed E-state index contributed by atoms with van der Waals surface area (Å²) in [6.45, 7) is 5.73. The van der Waals surface area contributed by atoms with E-state index in [2.05, 4.69) is 5.32 Å². The molecule has 0 atom stereocenters. The maximum Gasteiger partial charge on any atom is 0.271 e. The highest BCUT2D eigenvalue weighted by molar-refractivity contribution is 6.33. The highest BCUT2D eigenvalue weighted by Gasteiger charge is 2.13. The van der Waals surface area contributed by atoms with E-state index in [1.165, 1.54) is 12.1 Å². The van der Waals surface area contributed by atoms with Crippen LogP contribution in [0.3, 0.4) is 0 Å². The number of nitrogens with one attached hydrogen (secondary N) is 2. The maximum absolute atomic E-state index is 10.6. The van der Waals surface area contributed by atoms with Crippen LogP contribution in [0.1, 0.15) is 6.42 Å². The molecule has 1 saturated heterocycles. The van der Waals surface area contributed by atoms with Crippen LogP contribution in [0.4, 0.5) is 11.4 Å². The Labute approximate surface area is 122 Å². The summed E-state index contributed by atoms with van der Waals surface area (Å²) in [5.74, 6) is 0. The molecule has 1 heterocycles. The molecule has 0 amide bonds. The average Bonchev–Trinajstić information content (AvgIpc) is 2.46. The van der Waals surface area contributed by atoms with Crippen molar-refractivity contribution < 1.29 is 14.6 Å². The molecule has 0 unspecified atom stereocenters. The molecule has 0 spiro atoms. The van der Waals surface area contributed by atoms with Crippen LogP contribution in [-0.4, -0.2) is 44.3 Å². The lowest BCUT2D eigenvalue weighted by Crippen LogP contribution is -3.14. The second kappa shape index (κ2) is 7.42. The van der Waals surface area contributed by atoms with Crippen molar-refractivity contribution in [3.63, 3.8) is 0 Å². The SMILES string of the molecule is O=[N+]([O-])c1ccc(NCCC[NH+]2CCOCC2)c(Cl)c1. The summed E-state index contributed by atoms with van der Waals surface area (Å²) in [5.41, 5.74) is 0.757. The summed E-state index contributed by atoms with van der Waals surface area (Å²) in [7, 11) is 0. The normalized spacial score (nSPS) is 16.1. The van der Waals surface area contributed by atoms with E-state index < -0.39 is 4.92 Å². The zero-order valence-corrected chi connectivity index (χ0v) is 12.0. The van der Waals surface area contributed by atoms with Crippen molar-refractivity contribution in [2.24, 2.45) is 0 Å². The van der Waals surface area contributed by atoms with E-state index in [0.29, 0.717) is 5.02 Å². The number of anilines is 1. The molecule has 1 fully saturated rings. The Morgan fingerprint density at radius 1 is 1.40 bits per heavy atom. The molecule has 2 rings (SSSR count). The van der Waals surface area contributed by atoms with Crippen LogP contribution in [-0.2, 0) is 4.74 Å². The lowest BCUT2D eigenvalue weighted by Gasteiger charge is -2.23. The molecule has 1 aliphatic rings. The van der Waals surface area contributed by atoms with Crippen LogP contribution in [0, 0.1) is 10.1 Å². The number of nitro groups is 1. The van der Waals surface area contributed by atoms with Crippen LogP contribution in [0.15, 0.2) is 18.2 Å². The van der Waals surface area contributed by atoms with Gasteiger partial charge in [-0.05, 0) is 6.07 Å². The fraction of sp³-hybridized carbons (Fsp3) is 0.538. The van der Waals surface area contributed by atoms with Crippen molar-refractivity contribution in [1.82, 2.24) is 0 Å². The number of hydrogen-bond donors (Lipinski definition) is 2.